The second kappa shape index (κ2) is 7.34. The summed E-state index contributed by atoms with van der Waals surface area (Å²) in [5, 5.41) is 12.0. The molecule has 5 nitrogen and oxygen atoms in total. The van der Waals surface area contributed by atoms with Crippen molar-refractivity contribution in [1.82, 2.24) is 5.32 Å². The first-order chi connectivity index (χ1) is 11.0. The predicted octanol–water partition coefficient (Wildman–Crippen LogP) is 2.22. The number of carbonyl (C=O) groups excluding carboxylic acids is 2. The Bertz CT molecular complexity index is 633. The second-order valence-corrected chi connectivity index (χ2v) is 5.83. The maximum absolute atomic E-state index is 13.2. The van der Waals surface area contributed by atoms with Gasteiger partial charge in [0, 0.05) is 44.0 Å². The van der Waals surface area contributed by atoms with Gasteiger partial charge in [-0.1, -0.05) is 19.1 Å². The summed E-state index contributed by atoms with van der Waals surface area (Å²) in [7, 11) is 0. The third-order valence-electron chi connectivity index (χ3n) is 3.99. The summed E-state index contributed by atoms with van der Waals surface area (Å²) < 4.78 is 18.4. The van der Waals surface area contributed by atoms with Gasteiger partial charge in [-0.25, -0.2) is 4.39 Å². The van der Waals surface area contributed by atoms with Crippen LogP contribution in [0.15, 0.2) is 24.3 Å². The van der Waals surface area contributed by atoms with E-state index in [1.54, 1.807) is 6.92 Å². The molecule has 1 aromatic carbocycles. The van der Waals surface area contributed by atoms with Crippen LogP contribution in [0.2, 0.25) is 0 Å². The van der Waals surface area contributed by atoms with Gasteiger partial charge in [0.25, 0.3) is 0 Å². The van der Waals surface area contributed by atoms with E-state index in [-0.39, 0.29) is 23.7 Å². The van der Waals surface area contributed by atoms with Gasteiger partial charge in [0.1, 0.15) is 11.4 Å². The number of nitrogens with zero attached hydrogens (tertiary/aromatic N) is 1. The van der Waals surface area contributed by atoms with Crippen molar-refractivity contribution in [2.24, 2.45) is 5.92 Å². The maximum atomic E-state index is 13.2. The Hall–Kier alpha value is -2.26. The zero-order chi connectivity index (χ0) is 16.9. The lowest BCUT2D eigenvalue weighted by Crippen LogP contribution is -2.51. The predicted molar refractivity (Wildman–Crippen MR) is 81.1 cm³/mol. The van der Waals surface area contributed by atoms with E-state index < -0.39 is 17.3 Å². The number of hydrogen-bond acceptors (Lipinski definition) is 4. The molecule has 6 heteroatoms. The molecule has 0 spiro atoms. The van der Waals surface area contributed by atoms with Gasteiger partial charge in [-0.15, -0.1) is 0 Å². The van der Waals surface area contributed by atoms with Gasteiger partial charge in [-0.3, -0.25) is 9.59 Å². The van der Waals surface area contributed by atoms with Crippen molar-refractivity contribution in [2.45, 2.75) is 31.7 Å². The molecule has 1 N–H and O–H groups in total. The first-order valence-corrected chi connectivity index (χ1v) is 7.55. The molecule has 1 fully saturated rings. The Morgan fingerprint density at radius 2 is 2.13 bits per heavy atom. The molecule has 23 heavy (non-hydrogen) atoms. The molecule has 0 bridgehead atoms. The minimum atomic E-state index is -0.920. The van der Waals surface area contributed by atoms with Crippen LogP contribution in [0.4, 0.5) is 4.39 Å². The Morgan fingerprint density at radius 1 is 1.43 bits per heavy atom. The highest BCUT2D eigenvalue weighted by atomic mass is 19.1. The minimum absolute atomic E-state index is 0.0420. The number of amides is 1. The van der Waals surface area contributed by atoms with E-state index in [9.17, 15) is 19.2 Å². The fourth-order valence-corrected chi connectivity index (χ4v) is 2.60. The zero-order valence-electron chi connectivity index (χ0n) is 13.0. The number of rotatable bonds is 5. The smallest absolute Gasteiger partial charge is 0.221 e. The first-order valence-electron chi connectivity index (χ1n) is 7.55. The van der Waals surface area contributed by atoms with Crippen molar-refractivity contribution in [3.8, 4) is 6.07 Å². The number of Topliss-reactive ketones (excluding diaryl/α,β-unsaturated/α-hetero) is 1. The number of nitriles is 1. The van der Waals surface area contributed by atoms with Crippen LogP contribution >= 0.6 is 0 Å². The fraction of sp³-hybridized carbons (Fsp3) is 0.471. The van der Waals surface area contributed by atoms with Gasteiger partial charge in [-0.05, 0) is 12.1 Å². The molecule has 1 aliphatic rings. The minimum Gasteiger partial charge on any atom is -0.381 e. The van der Waals surface area contributed by atoms with E-state index in [1.807, 2.05) is 0 Å². The average molecular weight is 318 g/mol. The van der Waals surface area contributed by atoms with Crippen LogP contribution in [-0.2, 0) is 9.53 Å². The first kappa shape index (κ1) is 17.1. The molecule has 0 unspecified atom stereocenters. The summed E-state index contributed by atoms with van der Waals surface area (Å²) in [4.78, 5) is 24.4. The summed E-state index contributed by atoms with van der Waals surface area (Å²) in [5.74, 6) is -1.73. The van der Waals surface area contributed by atoms with Crippen molar-refractivity contribution in [3.05, 3.63) is 35.6 Å². The summed E-state index contributed by atoms with van der Waals surface area (Å²) >= 11 is 0. The number of carbonyl (C=O) groups is 2. The third kappa shape index (κ3) is 4.36. The lowest BCUT2D eigenvalue weighted by atomic mass is 9.90. The SMILES string of the molecule is C[C@H](CC(=O)NC1(C#N)CCOCC1)C(=O)c1cccc(F)c1. The molecule has 122 valence electrons. The zero-order valence-corrected chi connectivity index (χ0v) is 13.0. The van der Waals surface area contributed by atoms with Crippen molar-refractivity contribution in [2.75, 3.05) is 13.2 Å². The number of benzene rings is 1. The fourth-order valence-electron chi connectivity index (χ4n) is 2.60. The molecule has 0 aromatic heterocycles. The molecule has 1 atom stereocenters. The van der Waals surface area contributed by atoms with Crippen LogP contribution < -0.4 is 5.32 Å². The number of nitrogens with one attached hydrogen (secondary N) is 1. The van der Waals surface area contributed by atoms with Gasteiger partial charge >= 0.3 is 0 Å². The Labute approximate surface area is 134 Å². The molecule has 0 radical (unpaired) electrons. The molecule has 1 amide bonds. The van der Waals surface area contributed by atoms with Crippen LogP contribution in [-0.4, -0.2) is 30.4 Å². The quantitative estimate of drug-likeness (QED) is 0.844. The van der Waals surface area contributed by atoms with Crippen molar-refractivity contribution < 1.29 is 18.7 Å². The van der Waals surface area contributed by atoms with Gasteiger partial charge in [0.15, 0.2) is 5.78 Å². The number of hydrogen-bond donors (Lipinski definition) is 1. The molecule has 0 saturated carbocycles. The Morgan fingerprint density at radius 3 is 2.74 bits per heavy atom. The average Bonchev–Trinajstić information content (AvgIpc) is 2.54. The van der Waals surface area contributed by atoms with Crippen LogP contribution in [0.25, 0.3) is 0 Å². The topological polar surface area (TPSA) is 79.2 Å². The third-order valence-corrected chi connectivity index (χ3v) is 3.99. The maximum Gasteiger partial charge on any atom is 0.221 e. The van der Waals surface area contributed by atoms with Crippen LogP contribution in [0.3, 0.4) is 0 Å². The van der Waals surface area contributed by atoms with Gasteiger partial charge in [-0.2, -0.15) is 5.26 Å². The normalized spacial score (nSPS) is 17.8. The van der Waals surface area contributed by atoms with E-state index in [2.05, 4.69) is 11.4 Å². The lowest BCUT2D eigenvalue weighted by molar-refractivity contribution is -0.123. The molecular formula is C17H19FN2O3. The van der Waals surface area contributed by atoms with Crippen molar-refractivity contribution in [3.63, 3.8) is 0 Å². The molecule has 0 aliphatic carbocycles. The van der Waals surface area contributed by atoms with Gasteiger partial charge in [0.05, 0.1) is 6.07 Å². The summed E-state index contributed by atoms with van der Waals surface area (Å²) in [6.07, 6.45) is 0.822. The number of ketones is 1. The summed E-state index contributed by atoms with van der Waals surface area (Å²) in [5.41, 5.74) is -0.678. The van der Waals surface area contributed by atoms with E-state index >= 15 is 0 Å². The Balaban J connectivity index is 1.96. The van der Waals surface area contributed by atoms with E-state index in [0.717, 1.165) is 6.07 Å². The van der Waals surface area contributed by atoms with Crippen molar-refractivity contribution >= 4 is 11.7 Å². The highest BCUT2D eigenvalue weighted by molar-refractivity contribution is 5.99. The second-order valence-electron chi connectivity index (χ2n) is 5.83. The lowest BCUT2D eigenvalue weighted by Gasteiger charge is -2.31. The highest BCUT2D eigenvalue weighted by Gasteiger charge is 2.34. The molecule has 2 rings (SSSR count). The van der Waals surface area contributed by atoms with Crippen molar-refractivity contribution in [1.29, 1.82) is 5.26 Å². The highest BCUT2D eigenvalue weighted by Crippen LogP contribution is 2.21. The number of halogens is 1. The van der Waals surface area contributed by atoms with E-state index in [0.29, 0.717) is 26.1 Å². The molecule has 1 heterocycles. The van der Waals surface area contributed by atoms with Gasteiger partial charge < -0.3 is 10.1 Å². The monoisotopic (exact) mass is 318 g/mol. The molecule has 1 saturated heterocycles. The van der Waals surface area contributed by atoms with Crippen LogP contribution in [0.5, 0.6) is 0 Å². The van der Waals surface area contributed by atoms with Crippen LogP contribution in [0.1, 0.15) is 36.5 Å². The van der Waals surface area contributed by atoms with Crippen LogP contribution in [0, 0.1) is 23.1 Å². The molecular weight excluding hydrogens is 299 g/mol. The summed E-state index contributed by atoms with van der Waals surface area (Å²) in [6, 6.07) is 7.55. The molecule has 1 aliphatic heterocycles. The molecule has 1 aromatic rings. The largest absolute Gasteiger partial charge is 0.381 e. The standard InChI is InChI=1S/C17H19FN2O3/c1-12(16(22)13-3-2-4-14(18)10-13)9-15(21)20-17(11-19)5-7-23-8-6-17/h2-4,10,12H,5-9H2,1H3,(H,20,21)/t12-/m1/s1. The Kier molecular flexibility index (Phi) is 5.45. The number of ether oxygens (including phenoxy) is 1. The van der Waals surface area contributed by atoms with Gasteiger partial charge in [0.2, 0.25) is 5.91 Å². The van der Waals surface area contributed by atoms with E-state index in [1.165, 1.54) is 18.2 Å². The van der Waals surface area contributed by atoms with E-state index in [4.69, 9.17) is 4.74 Å². The summed E-state index contributed by atoms with van der Waals surface area (Å²) in [6.45, 7) is 2.47.